The zero-order valence-electron chi connectivity index (χ0n) is 8.43. The molecule has 0 radical (unpaired) electrons. The number of carbonyl (C=O) groups is 1. The molecule has 5 heteroatoms. The Bertz CT molecular complexity index is 328. The normalized spacial score (nSPS) is 11.4. The Morgan fingerprint density at radius 3 is 2.79 bits per heavy atom. The van der Waals surface area contributed by atoms with Crippen LogP contribution in [0.5, 0.6) is 0 Å². The van der Waals surface area contributed by atoms with Crippen LogP contribution >= 0.6 is 15.9 Å². The minimum Gasteiger partial charge on any atom is -0.455 e. The van der Waals surface area contributed by atoms with Crippen LogP contribution in [0.25, 0.3) is 0 Å². The van der Waals surface area contributed by atoms with Gasteiger partial charge in [-0.25, -0.2) is 4.79 Å². The number of alkyl halides is 1. The monoisotopic (exact) mass is 260 g/mol. The van der Waals surface area contributed by atoms with Gasteiger partial charge in [-0.15, -0.1) is 0 Å². The van der Waals surface area contributed by atoms with Crippen molar-refractivity contribution in [3.05, 3.63) is 17.5 Å². The summed E-state index contributed by atoms with van der Waals surface area (Å²) in [5, 5.41) is 7.06. The number of aromatic nitrogens is 2. The first-order chi connectivity index (χ1) is 6.44. The summed E-state index contributed by atoms with van der Waals surface area (Å²) in [6, 6.07) is 0. The molecule has 0 aliphatic carbocycles. The third-order valence-electron chi connectivity index (χ3n) is 1.46. The molecule has 0 aliphatic heterocycles. The first kappa shape index (κ1) is 11.2. The summed E-state index contributed by atoms with van der Waals surface area (Å²) in [6.07, 6.45) is 1.67. The molecule has 1 aromatic heterocycles. The lowest BCUT2D eigenvalue weighted by atomic mass is 10.2. The number of ether oxygens (including phenoxy) is 1. The van der Waals surface area contributed by atoms with E-state index in [0.29, 0.717) is 11.0 Å². The van der Waals surface area contributed by atoms with Crippen molar-refractivity contribution in [2.75, 3.05) is 0 Å². The second-order valence-corrected chi connectivity index (χ2v) is 4.46. The Hall–Kier alpha value is -0.840. The zero-order chi connectivity index (χ0) is 10.8. The number of H-pyrrole nitrogens is 1. The molecule has 0 amide bonds. The smallest absolute Gasteiger partial charge is 0.359 e. The molecule has 0 saturated carbocycles. The lowest BCUT2D eigenvalue weighted by Gasteiger charge is -2.18. The number of aromatic amines is 1. The van der Waals surface area contributed by atoms with E-state index in [-0.39, 0.29) is 0 Å². The summed E-state index contributed by atoms with van der Waals surface area (Å²) in [5.41, 5.74) is 0.663. The van der Waals surface area contributed by atoms with Crippen molar-refractivity contribution in [3.63, 3.8) is 0 Å². The molecule has 0 aliphatic rings. The Balaban J connectivity index is 2.80. The van der Waals surface area contributed by atoms with Crippen LogP contribution < -0.4 is 0 Å². The maximum absolute atomic E-state index is 11.6. The highest BCUT2D eigenvalue weighted by molar-refractivity contribution is 9.08. The molecule has 78 valence electrons. The van der Waals surface area contributed by atoms with E-state index < -0.39 is 11.6 Å². The van der Waals surface area contributed by atoms with Crippen LogP contribution in [0.15, 0.2) is 6.20 Å². The van der Waals surface area contributed by atoms with Crippen molar-refractivity contribution in [2.24, 2.45) is 0 Å². The zero-order valence-corrected chi connectivity index (χ0v) is 10.0. The van der Waals surface area contributed by atoms with E-state index in [9.17, 15) is 4.79 Å². The molecule has 1 rings (SSSR count). The minimum absolute atomic E-state index is 0.344. The average Bonchev–Trinajstić information content (AvgIpc) is 2.47. The Morgan fingerprint density at radius 1 is 1.64 bits per heavy atom. The van der Waals surface area contributed by atoms with Gasteiger partial charge in [-0.05, 0) is 20.8 Å². The predicted molar refractivity (Wildman–Crippen MR) is 56.4 cm³/mol. The van der Waals surface area contributed by atoms with Crippen LogP contribution in [0, 0.1) is 0 Å². The molecule has 1 aromatic rings. The van der Waals surface area contributed by atoms with Gasteiger partial charge in [-0.3, -0.25) is 5.10 Å². The summed E-state index contributed by atoms with van der Waals surface area (Å²) in [5.74, 6) is -0.395. The van der Waals surface area contributed by atoms with Gasteiger partial charge in [0, 0.05) is 17.1 Å². The van der Waals surface area contributed by atoms with E-state index in [0.717, 1.165) is 5.56 Å². The fourth-order valence-electron chi connectivity index (χ4n) is 0.920. The van der Waals surface area contributed by atoms with E-state index in [1.165, 1.54) is 0 Å². The summed E-state index contributed by atoms with van der Waals surface area (Å²) in [4.78, 5) is 11.6. The predicted octanol–water partition coefficient (Wildman–Crippen LogP) is 2.26. The molecule has 0 saturated heterocycles. The molecular weight excluding hydrogens is 248 g/mol. The highest BCUT2D eigenvalue weighted by atomic mass is 79.9. The molecule has 1 heterocycles. The lowest BCUT2D eigenvalue weighted by molar-refractivity contribution is 0.00620. The van der Waals surface area contributed by atoms with Crippen LogP contribution in [0.2, 0.25) is 0 Å². The van der Waals surface area contributed by atoms with Crippen LogP contribution in [0.1, 0.15) is 36.8 Å². The largest absolute Gasteiger partial charge is 0.455 e. The maximum Gasteiger partial charge on any atom is 0.359 e. The molecule has 0 atom stereocenters. The van der Waals surface area contributed by atoms with Gasteiger partial charge in [-0.1, -0.05) is 15.9 Å². The summed E-state index contributed by atoms with van der Waals surface area (Å²) in [7, 11) is 0. The molecule has 4 nitrogen and oxygen atoms in total. The summed E-state index contributed by atoms with van der Waals surface area (Å²) < 4.78 is 5.18. The van der Waals surface area contributed by atoms with Gasteiger partial charge in [0.05, 0.1) is 0 Å². The van der Waals surface area contributed by atoms with Crippen LogP contribution in [-0.2, 0) is 10.1 Å². The first-order valence-electron chi connectivity index (χ1n) is 4.26. The molecule has 0 aromatic carbocycles. The van der Waals surface area contributed by atoms with Crippen LogP contribution in [0.3, 0.4) is 0 Å². The number of nitrogens with zero attached hydrogens (tertiary/aromatic N) is 1. The quantitative estimate of drug-likeness (QED) is 0.656. The Kier molecular flexibility index (Phi) is 3.31. The van der Waals surface area contributed by atoms with Gasteiger partial charge in [0.1, 0.15) is 5.60 Å². The lowest BCUT2D eigenvalue weighted by Crippen LogP contribution is -2.24. The topological polar surface area (TPSA) is 55.0 Å². The van der Waals surface area contributed by atoms with Crippen molar-refractivity contribution in [2.45, 2.75) is 31.7 Å². The second-order valence-electron chi connectivity index (χ2n) is 3.89. The van der Waals surface area contributed by atoms with Gasteiger partial charge in [0.2, 0.25) is 0 Å². The second kappa shape index (κ2) is 4.13. The first-order valence-corrected chi connectivity index (χ1v) is 5.38. The van der Waals surface area contributed by atoms with E-state index in [1.54, 1.807) is 6.20 Å². The molecule has 0 unspecified atom stereocenters. The van der Waals surface area contributed by atoms with Crippen LogP contribution in [0.4, 0.5) is 0 Å². The number of esters is 1. The van der Waals surface area contributed by atoms with Crippen molar-refractivity contribution < 1.29 is 9.53 Å². The molecule has 14 heavy (non-hydrogen) atoms. The van der Waals surface area contributed by atoms with Crippen molar-refractivity contribution >= 4 is 21.9 Å². The number of hydrogen-bond acceptors (Lipinski definition) is 3. The number of carbonyl (C=O) groups excluding carboxylic acids is 1. The van der Waals surface area contributed by atoms with Gasteiger partial charge >= 0.3 is 5.97 Å². The maximum atomic E-state index is 11.6. The fraction of sp³-hybridized carbons (Fsp3) is 0.556. The molecule has 0 fully saturated rings. The van der Waals surface area contributed by atoms with Gasteiger partial charge in [-0.2, -0.15) is 5.10 Å². The van der Waals surface area contributed by atoms with Gasteiger partial charge in [0.25, 0.3) is 0 Å². The molecule has 0 spiro atoms. The fourth-order valence-corrected chi connectivity index (χ4v) is 1.35. The third kappa shape index (κ3) is 2.83. The number of nitrogens with one attached hydrogen (secondary N) is 1. The van der Waals surface area contributed by atoms with E-state index in [1.807, 2.05) is 20.8 Å². The SMILES string of the molecule is CC(C)(C)OC(=O)c1n[nH]cc1CBr. The van der Waals surface area contributed by atoms with E-state index in [4.69, 9.17) is 4.74 Å². The third-order valence-corrected chi connectivity index (χ3v) is 2.06. The van der Waals surface area contributed by atoms with E-state index >= 15 is 0 Å². The van der Waals surface area contributed by atoms with Gasteiger partial charge in [0.15, 0.2) is 5.69 Å². The standard InChI is InChI=1S/C9H13BrN2O2/c1-9(2,3)14-8(13)7-6(4-10)5-11-12-7/h5H,4H2,1-3H3,(H,11,12). The molecular formula is C9H13BrN2O2. The summed E-state index contributed by atoms with van der Waals surface area (Å²) in [6.45, 7) is 5.47. The molecule has 0 bridgehead atoms. The number of rotatable bonds is 2. The highest BCUT2D eigenvalue weighted by Gasteiger charge is 2.21. The number of hydrogen-bond donors (Lipinski definition) is 1. The Labute approximate surface area is 91.2 Å². The van der Waals surface area contributed by atoms with Crippen molar-refractivity contribution in [1.29, 1.82) is 0 Å². The van der Waals surface area contributed by atoms with Gasteiger partial charge < -0.3 is 4.74 Å². The van der Waals surface area contributed by atoms with E-state index in [2.05, 4.69) is 26.1 Å². The summed E-state index contributed by atoms with van der Waals surface area (Å²) >= 11 is 3.27. The minimum atomic E-state index is -0.486. The average molecular weight is 261 g/mol. The molecule has 1 N–H and O–H groups in total. The van der Waals surface area contributed by atoms with Crippen molar-refractivity contribution in [1.82, 2.24) is 10.2 Å². The van der Waals surface area contributed by atoms with Crippen LogP contribution in [-0.4, -0.2) is 21.8 Å². The number of halogens is 1. The van der Waals surface area contributed by atoms with Crippen molar-refractivity contribution in [3.8, 4) is 0 Å². The highest BCUT2D eigenvalue weighted by Crippen LogP contribution is 2.15. The Morgan fingerprint density at radius 2 is 2.29 bits per heavy atom.